The second-order valence-electron chi connectivity index (χ2n) is 3.95. The standard InChI is InChI=1S/C12H18N4O/c1-3-13-7-4-5-12-14-9-11(17-12)10-6-8-16(2)15-10/h6,8-9,13H,3-5,7H2,1-2H3. The van der Waals surface area contributed by atoms with E-state index in [1.807, 2.05) is 19.3 Å². The van der Waals surface area contributed by atoms with Gasteiger partial charge >= 0.3 is 0 Å². The van der Waals surface area contributed by atoms with Crippen LogP contribution < -0.4 is 5.32 Å². The molecule has 0 saturated heterocycles. The van der Waals surface area contributed by atoms with Gasteiger partial charge in [0.2, 0.25) is 0 Å². The number of nitrogens with zero attached hydrogens (tertiary/aromatic N) is 3. The van der Waals surface area contributed by atoms with Crippen molar-refractivity contribution in [1.82, 2.24) is 20.1 Å². The van der Waals surface area contributed by atoms with Gasteiger partial charge in [-0.05, 0) is 25.6 Å². The first-order chi connectivity index (χ1) is 8.29. The van der Waals surface area contributed by atoms with Crippen LogP contribution in [0.15, 0.2) is 22.9 Å². The van der Waals surface area contributed by atoms with Crippen LogP contribution in [0.25, 0.3) is 11.5 Å². The number of nitrogens with one attached hydrogen (secondary N) is 1. The van der Waals surface area contributed by atoms with Gasteiger partial charge in [0.05, 0.1) is 6.20 Å². The second kappa shape index (κ2) is 5.63. The zero-order chi connectivity index (χ0) is 12.1. The van der Waals surface area contributed by atoms with E-state index in [9.17, 15) is 0 Å². The quantitative estimate of drug-likeness (QED) is 0.772. The Morgan fingerprint density at radius 1 is 1.47 bits per heavy atom. The summed E-state index contributed by atoms with van der Waals surface area (Å²) in [6, 6.07) is 1.92. The molecule has 0 amide bonds. The smallest absolute Gasteiger partial charge is 0.195 e. The highest BCUT2D eigenvalue weighted by molar-refractivity contribution is 5.49. The molecule has 1 N–H and O–H groups in total. The summed E-state index contributed by atoms with van der Waals surface area (Å²) in [6.07, 6.45) is 5.53. The molecule has 5 nitrogen and oxygen atoms in total. The van der Waals surface area contributed by atoms with Crippen molar-refractivity contribution in [2.45, 2.75) is 19.8 Å². The summed E-state index contributed by atoms with van der Waals surface area (Å²) >= 11 is 0. The molecular formula is C12H18N4O. The third kappa shape index (κ3) is 3.17. The van der Waals surface area contributed by atoms with Gasteiger partial charge in [-0.25, -0.2) is 4.98 Å². The van der Waals surface area contributed by atoms with Crippen molar-refractivity contribution < 1.29 is 4.42 Å². The third-order valence-electron chi connectivity index (χ3n) is 2.51. The van der Waals surface area contributed by atoms with Crippen LogP contribution in [0.2, 0.25) is 0 Å². The van der Waals surface area contributed by atoms with Crippen molar-refractivity contribution in [3.05, 3.63) is 24.4 Å². The molecule has 2 aromatic rings. The number of aryl methyl sites for hydroxylation is 2. The van der Waals surface area contributed by atoms with Gasteiger partial charge in [0.15, 0.2) is 11.7 Å². The summed E-state index contributed by atoms with van der Waals surface area (Å²) in [5.41, 5.74) is 0.831. The lowest BCUT2D eigenvalue weighted by atomic mass is 10.3. The molecule has 0 spiro atoms. The minimum atomic E-state index is 0.740. The minimum Gasteiger partial charge on any atom is -0.439 e. The summed E-state index contributed by atoms with van der Waals surface area (Å²) in [6.45, 7) is 4.10. The molecule has 2 heterocycles. The van der Waals surface area contributed by atoms with Crippen LogP contribution >= 0.6 is 0 Å². The van der Waals surface area contributed by atoms with Crippen molar-refractivity contribution in [3.8, 4) is 11.5 Å². The summed E-state index contributed by atoms with van der Waals surface area (Å²) in [5.74, 6) is 1.52. The van der Waals surface area contributed by atoms with Crippen molar-refractivity contribution in [2.75, 3.05) is 13.1 Å². The molecule has 0 aliphatic heterocycles. The van der Waals surface area contributed by atoms with E-state index in [0.717, 1.165) is 43.3 Å². The van der Waals surface area contributed by atoms with Crippen molar-refractivity contribution in [3.63, 3.8) is 0 Å². The Kier molecular flexibility index (Phi) is 3.93. The first kappa shape index (κ1) is 11.9. The molecule has 0 saturated carbocycles. The summed E-state index contributed by atoms with van der Waals surface area (Å²) in [5, 5.41) is 7.55. The molecule has 0 aromatic carbocycles. The van der Waals surface area contributed by atoms with Gasteiger partial charge in [-0.2, -0.15) is 5.10 Å². The van der Waals surface area contributed by atoms with E-state index >= 15 is 0 Å². The van der Waals surface area contributed by atoms with Gasteiger partial charge < -0.3 is 9.73 Å². The maximum atomic E-state index is 5.65. The molecule has 0 atom stereocenters. The van der Waals surface area contributed by atoms with Crippen molar-refractivity contribution in [2.24, 2.45) is 7.05 Å². The molecule has 17 heavy (non-hydrogen) atoms. The van der Waals surface area contributed by atoms with Gasteiger partial charge in [0, 0.05) is 19.7 Å². The van der Waals surface area contributed by atoms with E-state index in [-0.39, 0.29) is 0 Å². The summed E-state index contributed by atoms with van der Waals surface area (Å²) in [7, 11) is 1.89. The fraction of sp³-hybridized carbons (Fsp3) is 0.500. The minimum absolute atomic E-state index is 0.740. The fourth-order valence-electron chi connectivity index (χ4n) is 1.63. The highest BCUT2D eigenvalue weighted by Crippen LogP contribution is 2.18. The zero-order valence-corrected chi connectivity index (χ0v) is 10.3. The first-order valence-corrected chi connectivity index (χ1v) is 5.95. The Morgan fingerprint density at radius 2 is 2.35 bits per heavy atom. The van der Waals surface area contributed by atoms with E-state index in [1.165, 1.54) is 0 Å². The van der Waals surface area contributed by atoms with Crippen LogP contribution in [0.1, 0.15) is 19.2 Å². The SMILES string of the molecule is CCNCCCc1ncc(-c2ccn(C)n2)o1. The largest absolute Gasteiger partial charge is 0.439 e. The Hall–Kier alpha value is -1.62. The third-order valence-corrected chi connectivity index (χ3v) is 2.51. The average Bonchev–Trinajstić information content (AvgIpc) is 2.93. The summed E-state index contributed by atoms with van der Waals surface area (Å²) in [4.78, 5) is 4.26. The molecule has 0 bridgehead atoms. The number of aromatic nitrogens is 3. The van der Waals surface area contributed by atoms with Crippen LogP contribution in [-0.2, 0) is 13.5 Å². The number of hydrogen-bond acceptors (Lipinski definition) is 4. The zero-order valence-electron chi connectivity index (χ0n) is 10.3. The highest BCUT2D eigenvalue weighted by atomic mass is 16.4. The van der Waals surface area contributed by atoms with E-state index in [2.05, 4.69) is 22.3 Å². The van der Waals surface area contributed by atoms with Crippen LogP contribution in [0.3, 0.4) is 0 Å². The Bertz CT molecular complexity index is 461. The van der Waals surface area contributed by atoms with E-state index in [0.29, 0.717) is 0 Å². The number of hydrogen-bond donors (Lipinski definition) is 1. The normalized spacial score (nSPS) is 10.9. The van der Waals surface area contributed by atoms with Crippen LogP contribution in [0.5, 0.6) is 0 Å². The van der Waals surface area contributed by atoms with Crippen molar-refractivity contribution in [1.29, 1.82) is 0 Å². The lowest BCUT2D eigenvalue weighted by molar-refractivity contribution is 0.491. The molecule has 2 aromatic heterocycles. The molecule has 2 rings (SSSR count). The van der Waals surface area contributed by atoms with E-state index < -0.39 is 0 Å². The molecule has 0 aliphatic rings. The van der Waals surface area contributed by atoms with E-state index in [1.54, 1.807) is 10.9 Å². The monoisotopic (exact) mass is 234 g/mol. The molecule has 92 valence electrons. The van der Waals surface area contributed by atoms with Gasteiger partial charge in [-0.3, -0.25) is 4.68 Å². The second-order valence-corrected chi connectivity index (χ2v) is 3.95. The average molecular weight is 234 g/mol. The van der Waals surface area contributed by atoms with Gasteiger partial charge in [-0.1, -0.05) is 6.92 Å². The predicted molar refractivity (Wildman–Crippen MR) is 65.6 cm³/mol. The molecule has 0 fully saturated rings. The first-order valence-electron chi connectivity index (χ1n) is 5.95. The maximum absolute atomic E-state index is 5.65. The number of rotatable bonds is 6. The fourth-order valence-corrected chi connectivity index (χ4v) is 1.63. The summed E-state index contributed by atoms with van der Waals surface area (Å²) < 4.78 is 7.40. The van der Waals surface area contributed by atoms with Gasteiger partial charge in [0.25, 0.3) is 0 Å². The predicted octanol–water partition coefficient (Wildman–Crippen LogP) is 1.62. The Morgan fingerprint density at radius 3 is 3.06 bits per heavy atom. The lowest BCUT2D eigenvalue weighted by Gasteiger charge is -1.98. The lowest BCUT2D eigenvalue weighted by Crippen LogP contribution is -2.14. The van der Waals surface area contributed by atoms with Gasteiger partial charge in [0.1, 0.15) is 5.69 Å². The Balaban J connectivity index is 1.92. The van der Waals surface area contributed by atoms with Crippen LogP contribution in [0, 0.1) is 0 Å². The van der Waals surface area contributed by atoms with E-state index in [4.69, 9.17) is 4.42 Å². The molecule has 5 heteroatoms. The molecular weight excluding hydrogens is 216 g/mol. The maximum Gasteiger partial charge on any atom is 0.195 e. The molecule has 0 aliphatic carbocycles. The van der Waals surface area contributed by atoms with Crippen LogP contribution in [0.4, 0.5) is 0 Å². The molecule has 0 unspecified atom stereocenters. The van der Waals surface area contributed by atoms with Crippen LogP contribution in [-0.4, -0.2) is 27.9 Å². The highest BCUT2D eigenvalue weighted by Gasteiger charge is 2.08. The molecule has 0 radical (unpaired) electrons. The van der Waals surface area contributed by atoms with Gasteiger partial charge in [-0.15, -0.1) is 0 Å². The topological polar surface area (TPSA) is 55.9 Å². The Labute approximate surface area is 101 Å². The van der Waals surface area contributed by atoms with Crippen molar-refractivity contribution >= 4 is 0 Å². The number of oxazole rings is 1.